The first-order valence-electron chi connectivity index (χ1n) is 8.76. The molecule has 3 rings (SSSR count). The standard InChI is InChI=1S/C21H22N4OS/c1-2-13-25-19(14-17-9-5-3-6-10-17)23-24-21(25)27-16-20(26)22-15-18-11-7-4-8-12-18/h2-12H,1,13-16H2,(H,22,26). The molecule has 138 valence electrons. The summed E-state index contributed by atoms with van der Waals surface area (Å²) in [6, 6.07) is 20.0. The molecule has 1 heterocycles. The molecule has 1 N–H and O–H groups in total. The summed E-state index contributed by atoms with van der Waals surface area (Å²) in [5.41, 5.74) is 2.25. The Bertz CT molecular complexity index is 878. The maximum absolute atomic E-state index is 12.1. The van der Waals surface area contributed by atoms with Crippen LogP contribution in [0.25, 0.3) is 0 Å². The predicted octanol–water partition coefficient (Wildman–Crippen LogP) is 3.46. The smallest absolute Gasteiger partial charge is 0.230 e. The maximum Gasteiger partial charge on any atom is 0.230 e. The van der Waals surface area contributed by atoms with Crippen LogP contribution in [0.15, 0.2) is 78.5 Å². The second-order valence-electron chi connectivity index (χ2n) is 6.01. The van der Waals surface area contributed by atoms with Gasteiger partial charge >= 0.3 is 0 Å². The topological polar surface area (TPSA) is 59.8 Å². The minimum absolute atomic E-state index is 0.0263. The van der Waals surface area contributed by atoms with Gasteiger partial charge in [-0.05, 0) is 11.1 Å². The first-order valence-corrected chi connectivity index (χ1v) is 9.75. The van der Waals surface area contributed by atoms with Gasteiger partial charge in [-0.2, -0.15) is 0 Å². The lowest BCUT2D eigenvalue weighted by Gasteiger charge is -2.08. The van der Waals surface area contributed by atoms with E-state index in [0.717, 1.165) is 16.5 Å². The Morgan fingerprint density at radius 2 is 1.70 bits per heavy atom. The minimum Gasteiger partial charge on any atom is -0.351 e. The Balaban J connectivity index is 1.59. The fourth-order valence-corrected chi connectivity index (χ4v) is 3.42. The first kappa shape index (κ1) is 18.9. The third-order valence-corrected chi connectivity index (χ3v) is 4.94. The SMILES string of the molecule is C=CCn1c(Cc2ccccc2)nnc1SCC(=O)NCc1ccccc1. The molecule has 0 bridgehead atoms. The number of nitrogens with one attached hydrogen (secondary N) is 1. The molecule has 1 aromatic heterocycles. The Morgan fingerprint density at radius 3 is 2.37 bits per heavy atom. The van der Waals surface area contributed by atoms with E-state index in [1.165, 1.54) is 17.3 Å². The number of amides is 1. The predicted molar refractivity (Wildman–Crippen MR) is 108 cm³/mol. The van der Waals surface area contributed by atoms with Crippen molar-refractivity contribution < 1.29 is 4.79 Å². The molecule has 2 aromatic carbocycles. The van der Waals surface area contributed by atoms with E-state index in [1.807, 2.05) is 59.2 Å². The molecule has 5 nitrogen and oxygen atoms in total. The highest BCUT2D eigenvalue weighted by atomic mass is 32.2. The zero-order valence-electron chi connectivity index (χ0n) is 15.0. The second-order valence-corrected chi connectivity index (χ2v) is 6.95. The summed E-state index contributed by atoms with van der Waals surface area (Å²) in [7, 11) is 0. The van der Waals surface area contributed by atoms with Crippen molar-refractivity contribution in [3.63, 3.8) is 0 Å². The summed E-state index contributed by atoms with van der Waals surface area (Å²) in [5, 5.41) is 12.2. The van der Waals surface area contributed by atoms with Crippen LogP contribution in [0.2, 0.25) is 0 Å². The van der Waals surface area contributed by atoms with Gasteiger partial charge in [0.05, 0.1) is 5.75 Å². The lowest BCUT2D eigenvalue weighted by atomic mass is 10.1. The highest BCUT2D eigenvalue weighted by Crippen LogP contribution is 2.19. The molecule has 3 aromatic rings. The lowest BCUT2D eigenvalue weighted by molar-refractivity contribution is -0.118. The number of carbonyl (C=O) groups excluding carboxylic acids is 1. The van der Waals surface area contributed by atoms with Crippen molar-refractivity contribution in [2.24, 2.45) is 0 Å². The third-order valence-electron chi connectivity index (χ3n) is 3.98. The van der Waals surface area contributed by atoms with E-state index in [1.54, 1.807) is 0 Å². The van der Waals surface area contributed by atoms with Crippen LogP contribution in [0.5, 0.6) is 0 Å². The molecule has 1 amide bonds. The lowest BCUT2D eigenvalue weighted by Crippen LogP contribution is -2.24. The molecule has 27 heavy (non-hydrogen) atoms. The van der Waals surface area contributed by atoms with Crippen molar-refractivity contribution in [3.05, 3.63) is 90.3 Å². The molecule has 0 unspecified atom stereocenters. The Labute approximate surface area is 163 Å². The van der Waals surface area contributed by atoms with E-state index in [0.29, 0.717) is 25.3 Å². The van der Waals surface area contributed by atoms with Crippen molar-refractivity contribution in [1.29, 1.82) is 0 Å². The highest BCUT2D eigenvalue weighted by molar-refractivity contribution is 7.99. The Morgan fingerprint density at radius 1 is 1.04 bits per heavy atom. The molecule has 0 saturated carbocycles. The van der Waals surface area contributed by atoms with Gasteiger partial charge in [0.1, 0.15) is 5.82 Å². The average molecular weight is 379 g/mol. The molecule has 0 aliphatic carbocycles. The van der Waals surface area contributed by atoms with Crippen molar-refractivity contribution in [3.8, 4) is 0 Å². The summed E-state index contributed by atoms with van der Waals surface area (Å²) in [5.74, 6) is 1.14. The number of allylic oxidation sites excluding steroid dienone is 1. The number of hydrogen-bond donors (Lipinski definition) is 1. The van der Waals surface area contributed by atoms with Gasteiger partial charge in [-0.3, -0.25) is 4.79 Å². The number of thioether (sulfide) groups is 1. The van der Waals surface area contributed by atoms with Gasteiger partial charge < -0.3 is 9.88 Å². The average Bonchev–Trinajstić information content (AvgIpc) is 3.08. The second kappa shape index (κ2) is 9.73. The largest absolute Gasteiger partial charge is 0.351 e. The first-order chi connectivity index (χ1) is 13.3. The molecule has 0 fully saturated rings. The van der Waals surface area contributed by atoms with Crippen molar-refractivity contribution in [2.45, 2.75) is 24.7 Å². The van der Waals surface area contributed by atoms with Crippen molar-refractivity contribution in [1.82, 2.24) is 20.1 Å². The molecule has 0 radical (unpaired) electrons. The minimum atomic E-state index is -0.0263. The van der Waals surface area contributed by atoms with Gasteiger partial charge in [-0.1, -0.05) is 78.5 Å². The Kier molecular flexibility index (Phi) is 6.82. The van der Waals surface area contributed by atoms with E-state index in [2.05, 4.69) is 34.2 Å². The number of nitrogens with zero attached hydrogens (tertiary/aromatic N) is 3. The normalized spacial score (nSPS) is 10.5. The summed E-state index contributed by atoms with van der Waals surface area (Å²) >= 11 is 1.39. The van der Waals surface area contributed by atoms with Gasteiger partial charge in [0, 0.05) is 19.5 Å². The fourth-order valence-electron chi connectivity index (χ4n) is 2.63. The van der Waals surface area contributed by atoms with Crippen molar-refractivity contribution >= 4 is 17.7 Å². The molecule has 0 spiro atoms. The molecular formula is C21H22N4OS. The van der Waals surface area contributed by atoms with Crippen LogP contribution in [0.3, 0.4) is 0 Å². The third kappa shape index (κ3) is 5.56. The molecule has 6 heteroatoms. The van der Waals surface area contributed by atoms with E-state index in [9.17, 15) is 4.79 Å². The zero-order chi connectivity index (χ0) is 18.9. The van der Waals surface area contributed by atoms with Crippen LogP contribution in [-0.4, -0.2) is 26.4 Å². The van der Waals surface area contributed by atoms with Gasteiger partial charge in [-0.25, -0.2) is 0 Å². The number of aromatic nitrogens is 3. The van der Waals surface area contributed by atoms with E-state index in [-0.39, 0.29) is 5.91 Å². The summed E-state index contributed by atoms with van der Waals surface area (Å²) < 4.78 is 2.01. The van der Waals surface area contributed by atoms with Gasteiger partial charge in [-0.15, -0.1) is 16.8 Å². The fraction of sp³-hybridized carbons (Fsp3) is 0.190. The van der Waals surface area contributed by atoms with E-state index < -0.39 is 0 Å². The van der Waals surface area contributed by atoms with Gasteiger partial charge in [0.2, 0.25) is 5.91 Å². The molecular weight excluding hydrogens is 356 g/mol. The molecule has 0 aliphatic rings. The van der Waals surface area contributed by atoms with Gasteiger partial charge in [0.25, 0.3) is 0 Å². The van der Waals surface area contributed by atoms with Crippen LogP contribution in [-0.2, 0) is 24.3 Å². The molecule has 0 atom stereocenters. The highest BCUT2D eigenvalue weighted by Gasteiger charge is 2.13. The maximum atomic E-state index is 12.1. The van der Waals surface area contributed by atoms with Crippen LogP contribution < -0.4 is 5.32 Å². The molecule has 0 aliphatic heterocycles. The van der Waals surface area contributed by atoms with Crippen LogP contribution >= 0.6 is 11.8 Å². The van der Waals surface area contributed by atoms with Crippen LogP contribution in [0, 0.1) is 0 Å². The number of hydrogen-bond acceptors (Lipinski definition) is 4. The number of rotatable bonds is 9. The monoisotopic (exact) mass is 378 g/mol. The summed E-state index contributed by atoms with van der Waals surface area (Å²) in [6.07, 6.45) is 2.51. The Hall–Kier alpha value is -2.86. The number of benzene rings is 2. The molecule has 0 saturated heterocycles. The summed E-state index contributed by atoms with van der Waals surface area (Å²) in [6.45, 7) is 4.96. The van der Waals surface area contributed by atoms with Crippen LogP contribution in [0.4, 0.5) is 0 Å². The summed E-state index contributed by atoms with van der Waals surface area (Å²) in [4.78, 5) is 12.1. The zero-order valence-corrected chi connectivity index (χ0v) is 15.9. The quantitative estimate of drug-likeness (QED) is 0.458. The van der Waals surface area contributed by atoms with Crippen molar-refractivity contribution in [2.75, 3.05) is 5.75 Å². The van der Waals surface area contributed by atoms with E-state index in [4.69, 9.17) is 0 Å². The van der Waals surface area contributed by atoms with E-state index >= 15 is 0 Å². The number of carbonyl (C=O) groups is 1. The van der Waals surface area contributed by atoms with Gasteiger partial charge in [0.15, 0.2) is 5.16 Å². The van der Waals surface area contributed by atoms with Crippen LogP contribution in [0.1, 0.15) is 17.0 Å².